The first-order chi connectivity index (χ1) is 12.0. The summed E-state index contributed by atoms with van der Waals surface area (Å²) in [5.74, 6) is -0.608. The third-order valence-electron chi connectivity index (χ3n) is 4.65. The van der Waals surface area contributed by atoms with Crippen molar-refractivity contribution in [3.8, 4) is 0 Å². The Kier molecular flexibility index (Phi) is 5.03. The van der Waals surface area contributed by atoms with E-state index in [9.17, 15) is 9.90 Å². The number of hydrogen-bond donors (Lipinski definition) is 2. The Morgan fingerprint density at radius 3 is 2.69 bits per heavy atom. The number of nitrogens with one attached hydrogen (secondary N) is 1. The highest BCUT2D eigenvalue weighted by atomic mass is 16.8. The summed E-state index contributed by atoms with van der Waals surface area (Å²) in [6.45, 7) is 9.63. The summed E-state index contributed by atoms with van der Waals surface area (Å²) < 4.78 is 17.1. The van der Waals surface area contributed by atoms with E-state index >= 15 is 0 Å². The smallest absolute Gasteiger partial charge is 0.407 e. The van der Waals surface area contributed by atoms with Gasteiger partial charge in [0, 0.05) is 12.5 Å². The lowest BCUT2D eigenvalue weighted by atomic mass is 9.94. The van der Waals surface area contributed by atoms with Gasteiger partial charge >= 0.3 is 6.09 Å². The topological polar surface area (TPSA) is 77.0 Å². The molecule has 0 radical (unpaired) electrons. The van der Waals surface area contributed by atoms with Gasteiger partial charge in [-0.05, 0) is 52.2 Å². The van der Waals surface area contributed by atoms with Crippen molar-refractivity contribution in [2.75, 3.05) is 0 Å². The summed E-state index contributed by atoms with van der Waals surface area (Å²) >= 11 is 0. The molecular formula is C20H29NO5. The van der Waals surface area contributed by atoms with Crippen LogP contribution in [0.5, 0.6) is 0 Å². The molecule has 1 aliphatic carbocycles. The van der Waals surface area contributed by atoms with Gasteiger partial charge in [0.1, 0.15) is 11.7 Å². The molecule has 1 saturated carbocycles. The molecule has 0 unspecified atom stereocenters. The van der Waals surface area contributed by atoms with E-state index in [1.165, 1.54) is 0 Å². The largest absolute Gasteiger partial charge is 0.444 e. The average molecular weight is 363 g/mol. The Morgan fingerprint density at radius 2 is 2.00 bits per heavy atom. The number of alkyl carbamates (subject to hydrolysis) is 1. The van der Waals surface area contributed by atoms with Gasteiger partial charge in [0.25, 0.3) is 0 Å². The lowest BCUT2D eigenvalue weighted by Crippen LogP contribution is -2.32. The summed E-state index contributed by atoms with van der Waals surface area (Å²) in [4.78, 5) is 11.8. The Balaban J connectivity index is 1.67. The second kappa shape index (κ2) is 6.83. The van der Waals surface area contributed by atoms with Gasteiger partial charge in [-0.25, -0.2) is 4.79 Å². The van der Waals surface area contributed by atoms with Crippen LogP contribution in [0.3, 0.4) is 0 Å². The predicted octanol–water partition coefficient (Wildman–Crippen LogP) is 3.08. The van der Waals surface area contributed by atoms with Gasteiger partial charge in [-0.2, -0.15) is 0 Å². The number of benzene rings is 1. The minimum atomic E-state index is -0.676. The van der Waals surface area contributed by atoms with E-state index in [4.69, 9.17) is 14.2 Å². The molecule has 2 aliphatic rings. The standard InChI is InChI=1S/C20H29NO5/c1-19(2,3)26-18(23)21-11-12-7-6-8-13(9-12)14-10-15(22)17-16(14)24-20(4,5)25-17/h6-9,14-17,22H,10-11H2,1-5H3,(H,21,23)/t14-,15+,16-,17+/m1/s1. The van der Waals surface area contributed by atoms with Crippen LogP contribution >= 0.6 is 0 Å². The van der Waals surface area contributed by atoms with Crippen molar-refractivity contribution < 1.29 is 24.1 Å². The first kappa shape index (κ1) is 19.1. The zero-order chi connectivity index (χ0) is 19.1. The summed E-state index contributed by atoms with van der Waals surface area (Å²) in [7, 11) is 0. The first-order valence-corrected chi connectivity index (χ1v) is 9.13. The number of ether oxygens (including phenoxy) is 3. The van der Waals surface area contributed by atoms with Crippen molar-refractivity contribution in [2.45, 2.75) is 83.2 Å². The lowest BCUT2D eigenvalue weighted by Gasteiger charge is -2.23. The number of rotatable bonds is 3. The molecule has 2 fully saturated rings. The van der Waals surface area contributed by atoms with E-state index in [0.717, 1.165) is 11.1 Å². The maximum atomic E-state index is 11.8. The fourth-order valence-electron chi connectivity index (χ4n) is 3.70. The van der Waals surface area contributed by atoms with Crippen LogP contribution in [-0.2, 0) is 20.8 Å². The van der Waals surface area contributed by atoms with Gasteiger partial charge in [0.05, 0.1) is 12.2 Å². The molecule has 6 nitrogen and oxygen atoms in total. The SMILES string of the molecule is CC(C)(C)OC(=O)NCc1cccc([C@H]2C[C@H](O)[C@@H]3OC(C)(C)O[C@@H]32)c1. The monoisotopic (exact) mass is 363 g/mol. The van der Waals surface area contributed by atoms with Crippen LogP contribution in [0, 0.1) is 0 Å². The molecule has 1 amide bonds. The van der Waals surface area contributed by atoms with Gasteiger partial charge in [-0.3, -0.25) is 0 Å². The number of amides is 1. The van der Waals surface area contributed by atoms with Crippen LogP contribution in [0.2, 0.25) is 0 Å². The van der Waals surface area contributed by atoms with Gasteiger partial charge in [0.15, 0.2) is 5.79 Å². The van der Waals surface area contributed by atoms with E-state index in [2.05, 4.69) is 5.32 Å². The van der Waals surface area contributed by atoms with E-state index in [1.54, 1.807) is 0 Å². The van der Waals surface area contributed by atoms with Crippen molar-refractivity contribution in [3.63, 3.8) is 0 Å². The highest BCUT2D eigenvalue weighted by Gasteiger charge is 2.53. The zero-order valence-corrected chi connectivity index (χ0v) is 16.1. The molecule has 1 saturated heterocycles. The molecule has 0 bridgehead atoms. The Hall–Kier alpha value is -1.63. The highest BCUT2D eigenvalue weighted by molar-refractivity contribution is 5.67. The molecule has 144 valence electrons. The fraction of sp³-hybridized carbons (Fsp3) is 0.650. The number of aliphatic hydroxyl groups is 1. The molecule has 6 heteroatoms. The predicted molar refractivity (Wildman–Crippen MR) is 96.7 cm³/mol. The molecule has 1 aromatic rings. The summed E-state index contributed by atoms with van der Waals surface area (Å²) in [6.07, 6.45) is -0.814. The Labute approximate surface area is 154 Å². The van der Waals surface area contributed by atoms with Gasteiger partial charge in [-0.15, -0.1) is 0 Å². The van der Waals surface area contributed by atoms with Crippen LogP contribution in [0.15, 0.2) is 24.3 Å². The van der Waals surface area contributed by atoms with E-state index in [1.807, 2.05) is 58.9 Å². The average Bonchev–Trinajstić information content (AvgIpc) is 2.98. The summed E-state index contributed by atoms with van der Waals surface area (Å²) in [6, 6.07) is 8.00. The minimum absolute atomic E-state index is 0.0678. The van der Waals surface area contributed by atoms with Crippen molar-refractivity contribution in [2.24, 2.45) is 0 Å². The Morgan fingerprint density at radius 1 is 1.31 bits per heavy atom. The number of carbonyl (C=O) groups excluding carboxylic acids is 1. The molecule has 1 aliphatic heterocycles. The summed E-state index contributed by atoms with van der Waals surface area (Å²) in [5.41, 5.74) is 1.54. The fourth-order valence-corrected chi connectivity index (χ4v) is 3.70. The third kappa shape index (κ3) is 4.37. The molecule has 0 aromatic heterocycles. The quantitative estimate of drug-likeness (QED) is 0.863. The molecular weight excluding hydrogens is 334 g/mol. The van der Waals surface area contributed by atoms with E-state index < -0.39 is 23.6 Å². The van der Waals surface area contributed by atoms with Gasteiger partial charge in [0.2, 0.25) is 0 Å². The molecule has 1 heterocycles. The number of hydrogen-bond acceptors (Lipinski definition) is 5. The number of fused-ring (bicyclic) bond motifs is 1. The van der Waals surface area contributed by atoms with Crippen LogP contribution in [0.25, 0.3) is 0 Å². The van der Waals surface area contributed by atoms with Gasteiger partial charge < -0.3 is 24.6 Å². The summed E-state index contributed by atoms with van der Waals surface area (Å²) in [5, 5.41) is 13.1. The maximum absolute atomic E-state index is 11.8. The van der Waals surface area contributed by atoms with Crippen LogP contribution in [0.4, 0.5) is 4.79 Å². The maximum Gasteiger partial charge on any atom is 0.407 e. The zero-order valence-electron chi connectivity index (χ0n) is 16.1. The van der Waals surface area contributed by atoms with Crippen LogP contribution in [0.1, 0.15) is 58.1 Å². The third-order valence-corrected chi connectivity index (χ3v) is 4.65. The Bertz CT molecular complexity index is 666. The number of aliphatic hydroxyl groups excluding tert-OH is 1. The van der Waals surface area contributed by atoms with Crippen LogP contribution < -0.4 is 5.32 Å². The van der Waals surface area contributed by atoms with Crippen LogP contribution in [-0.4, -0.2) is 40.9 Å². The second-order valence-corrected chi connectivity index (χ2v) is 8.57. The molecule has 0 spiro atoms. The van der Waals surface area contributed by atoms with Crippen molar-refractivity contribution in [1.29, 1.82) is 0 Å². The van der Waals surface area contributed by atoms with Gasteiger partial charge in [-0.1, -0.05) is 24.3 Å². The minimum Gasteiger partial charge on any atom is -0.444 e. The van der Waals surface area contributed by atoms with E-state index in [0.29, 0.717) is 13.0 Å². The lowest BCUT2D eigenvalue weighted by molar-refractivity contribution is -0.163. The molecule has 26 heavy (non-hydrogen) atoms. The van der Waals surface area contributed by atoms with E-state index in [-0.39, 0.29) is 18.1 Å². The number of carbonyl (C=O) groups is 1. The van der Waals surface area contributed by atoms with Crippen molar-refractivity contribution in [1.82, 2.24) is 5.32 Å². The molecule has 3 rings (SSSR count). The molecule has 4 atom stereocenters. The molecule has 2 N–H and O–H groups in total. The molecule has 1 aromatic carbocycles. The highest BCUT2D eigenvalue weighted by Crippen LogP contribution is 2.46. The van der Waals surface area contributed by atoms with Crippen molar-refractivity contribution in [3.05, 3.63) is 35.4 Å². The van der Waals surface area contributed by atoms with Crippen molar-refractivity contribution >= 4 is 6.09 Å². The normalized spacial score (nSPS) is 30.1. The first-order valence-electron chi connectivity index (χ1n) is 9.13. The second-order valence-electron chi connectivity index (χ2n) is 8.57.